The van der Waals surface area contributed by atoms with E-state index in [4.69, 9.17) is 0 Å². The van der Waals surface area contributed by atoms with Crippen molar-refractivity contribution in [1.82, 2.24) is 10.3 Å². The zero-order valence-corrected chi connectivity index (χ0v) is 14.7. The van der Waals surface area contributed by atoms with Gasteiger partial charge < -0.3 is 10.2 Å². The van der Waals surface area contributed by atoms with E-state index in [1.807, 2.05) is 0 Å². The van der Waals surface area contributed by atoms with E-state index in [9.17, 15) is 22.8 Å². The number of anilines is 2. The van der Waals surface area contributed by atoms with Crippen LogP contribution in [0.1, 0.15) is 18.5 Å². The SMILES string of the molecule is CC(=O)N(C)c1ccc(NC(=O)CN[C@@H](c2cccnc2)C(F)(F)F)cc1. The van der Waals surface area contributed by atoms with E-state index in [1.165, 1.54) is 30.2 Å². The monoisotopic (exact) mass is 380 g/mol. The zero-order chi connectivity index (χ0) is 20.0. The van der Waals surface area contributed by atoms with Crippen molar-refractivity contribution in [2.24, 2.45) is 0 Å². The fraction of sp³-hybridized carbons (Fsp3) is 0.278. The Labute approximate surface area is 154 Å². The molecule has 0 aliphatic carbocycles. The first-order valence-corrected chi connectivity index (χ1v) is 8.02. The van der Waals surface area contributed by atoms with Crippen LogP contribution in [0.4, 0.5) is 24.5 Å². The molecule has 0 unspecified atom stereocenters. The number of amides is 2. The van der Waals surface area contributed by atoms with Crippen LogP contribution in [-0.2, 0) is 9.59 Å². The van der Waals surface area contributed by atoms with E-state index in [0.717, 1.165) is 6.20 Å². The summed E-state index contributed by atoms with van der Waals surface area (Å²) in [4.78, 5) is 28.4. The highest BCUT2D eigenvalue weighted by Crippen LogP contribution is 2.32. The van der Waals surface area contributed by atoms with Crippen molar-refractivity contribution in [3.8, 4) is 0 Å². The predicted octanol–water partition coefficient (Wildman–Crippen LogP) is 2.90. The first-order valence-electron chi connectivity index (χ1n) is 8.02. The minimum absolute atomic E-state index is 0.0746. The van der Waals surface area contributed by atoms with Crippen LogP contribution in [0.15, 0.2) is 48.8 Å². The van der Waals surface area contributed by atoms with Gasteiger partial charge >= 0.3 is 6.18 Å². The average molecular weight is 380 g/mol. The van der Waals surface area contributed by atoms with E-state index in [-0.39, 0.29) is 11.5 Å². The van der Waals surface area contributed by atoms with Crippen molar-refractivity contribution in [2.45, 2.75) is 19.1 Å². The fourth-order valence-corrected chi connectivity index (χ4v) is 2.32. The van der Waals surface area contributed by atoms with Crippen LogP contribution in [0.5, 0.6) is 0 Å². The van der Waals surface area contributed by atoms with Crippen molar-refractivity contribution >= 4 is 23.2 Å². The van der Waals surface area contributed by atoms with Crippen molar-refractivity contribution in [3.05, 3.63) is 54.4 Å². The second-order valence-corrected chi connectivity index (χ2v) is 5.81. The minimum Gasteiger partial charge on any atom is -0.325 e. The van der Waals surface area contributed by atoms with Crippen LogP contribution in [-0.4, -0.2) is 36.6 Å². The summed E-state index contributed by atoms with van der Waals surface area (Å²) >= 11 is 0. The van der Waals surface area contributed by atoms with Gasteiger partial charge in [0, 0.05) is 37.7 Å². The van der Waals surface area contributed by atoms with Gasteiger partial charge in [0.25, 0.3) is 0 Å². The molecule has 2 aromatic rings. The molecule has 0 radical (unpaired) electrons. The lowest BCUT2D eigenvalue weighted by Crippen LogP contribution is -2.38. The van der Waals surface area contributed by atoms with Crippen molar-refractivity contribution < 1.29 is 22.8 Å². The van der Waals surface area contributed by atoms with Crippen molar-refractivity contribution in [3.63, 3.8) is 0 Å². The van der Waals surface area contributed by atoms with Crippen LogP contribution in [0, 0.1) is 0 Å². The fourth-order valence-electron chi connectivity index (χ4n) is 2.32. The van der Waals surface area contributed by atoms with Crippen molar-refractivity contribution in [1.29, 1.82) is 0 Å². The van der Waals surface area contributed by atoms with E-state index < -0.39 is 24.7 Å². The molecule has 0 bridgehead atoms. The summed E-state index contributed by atoms with van der Waals surface area (Å²) < 4.78 is 39.6. The number of nitrogens with zero attached hydrogens (tertiary/aromatic N) is 2. The molecule has 1 aromatic carbocycles. The smallest absolute Gasteiger partial charge is 0.325 e. The first-order chi connectivity index (χ1) is 12.7. The summed E-state index contributed by atoms with van der Waals surface area (Å²) in [6, 6.07) is 7.07. The Kier molecular flexibility index (Phi) is 6.51. The number of pyridine rings is 1. The number of hydrogen-bond donors (Lipinski definition) is 2. The van der Waals surface area contributed by atoms with Gasteiger partial charge in [0.15, 0.2) is 0 Å². The molecule has 1 heterocycles. The quantitative estimate of drug-likeness (QED) is 0.808. The van der Waals surface area contributed by atoms with Gasteiger partial charge in [-0.3, -0.25) is 19.9 Å². The zero-order valence-electron chi connectivity index (χ0n) is 14.7. The molecule has 0 fully saturated rings. The normalized spacial score (nSPS) is 12.3. The number of carbonyl (C=O) groups excluding carboxylic acids is 2. The lowest BCUT2D eigenvalue weighted by Gasteiger charge is -2.21. The van der Waals surface area contributed by atoms with Gasteiger partial charge in [-0.25, -0.2) is 0 Å². The standard InChI is InChI=1S/C18H19F3N4O2/c1-12(26)25(2)15-7-5-14(6-8-15)24-16(27)11-23-17(18(19,20)21)13-4-3-9-22-10-13/h3-10,17,23H,11H2,1-2H3,(H,24,27)/t17-/m0/s1. The molecule has 0 aliphatic heterocycles. The Morgan fingerprint density at radius 3 is 2.37 bits per heavy atom. The number of hydrogen-bond acceptors (Lipinski definition) is 4. The minimum atomic E-state index is -4.57. The van der Waals surface area contributed by atoms with Crippen LogP contribution >= 0.6 is 0 Å². The molecule has 0 saturated heterocycles. The van der Waals surface area contributed by atoms with Gasteiger partial charge in [-0.2, -0.15) is 13.2 Å². The summed E-state index contributed by atoms with van der Waals surface area (Å²) in [6.07, 6.45) is -2.09. The largest absolute Gasteiger partial charge is 0.407 e. The summed E-state index contributed by atoms with van der Waals surface area (Å²) in [7, 11) is 1.61. The highest BCUT2D eigenvalue weighted by Gasteiger charge is 2.40. The molecule has 0 spiro atoms. The van der Waals surface area contributed by atoms with E-state index >= 15 is 0 Å². The molecule has 2 rings (SSSR count). The molecule has 144 valence electrons. The molecule has 0 saturated carbocycles. The van der Waals surface area contributed by atoms with Gasteiger partial charge in [0.1, 0.15) is 6.04 Å². The van der Waals surface area contributed by atoms with Crippen LogP contribution in [0.25, 0.3) is 0 Å². The van der Waals surface area contributed by atoms with Gasteiger partial charge in [-0.1, -0.05) is 6.07 Å². The summed E-state index contributed by atoms with van der Waals surface area (Å²) in [5.41, 5.74) is 0.967. The van der Waals surface area contributed by atoms with E-state index in [1.54, 1.807) is 31.3 Å². The van der Waals surface area contributed by atoms with Crippen LogP contribution in [0.2, 0.25) is 0 Å². The number of benzene rings is 1. The summed E-state index contributed by atoms with van der Waals surface area (Å²) in [6.45, 7) is 0.884. The second kappa shape index (κ2) is 8.63. The molecule has 2 N–H and O–H groups in total. The Balaban J connectivity index is 1.97. The van der Waals surface area contributed by atoms with E-state index in [0.29, 0.717) is 11.4 Å². The maximum Gasteiger partial charge on any atom is 0.407 e. The lowest BCUT2D eigenvalue weighted by molar-refractivity contribution is -0.158. The number of carbonyl (C=O) groups is 2. The van der Waals surface area contributed by atoms with Gasteiger partial charge in [-0.05, 0) is 35.9 Å². The topological polar surface area (TPSA) is 74.3 Å². The molecule has 0 aliphatic rings. The molecule has 6 nitrogen and oxygen atoms in total. The number of alkyl halides is 3. The maximum absolute atomic E-state index is 13.2. The summed E-state index contributed by atoms with van der Waals surface area (Å²) in [5.74, 6) is -0.773. The maximum atomic E-state index is 13.2. The van der Waals surface area contributed by atoms with Gasteiger partial charge in [0.05, 0.1) is 6.54 Å². The van der Waals surface area contributed by atoms with E-state index in [2.05, 4.69) is 15.6 Å². The molecule has 9 heteroatoms. The van der Waals surface area contributed by atoms with Gasteiger partial charge in [0.2, 0.25) is 11.8 Å². The average Bonchev–Trinajstić information content (AvgIpc) is 2.61. The third-order valence-corrected chi connectivity index (χ3v) is 3.82. The molecule has 1 aromatic heterocycles. The van der Waals surface area contributed by atoms with Gasteiger partial charge in [-0.15, -0.1) is 0 Å². The number of halogens is 3. The highest BCUT2D eigenvalue weighted by atomic mass is 19.4. The molecule has 2 amide bonds. The number of rotatable bonds is 6. The number of nitrogens with one attached hydrogen (secondary N) is 2. The van der Waals surface area contributed by atoms with Crippen LogP contribution < -0.4 is 15.5 Å². The lowest BCUT2D eigenvalue weighted by atomic mass is 10.1. The molecular weight excluding hydrogens is 361 g/mol. The first kappa shape index (κ1) is 20.4. The molecule has 27 heavy (non-hydrogen) atoms. The predicted molar refractivity (Wildman–Crippen MR) is 95.2 cm³/mol. The van der Waals surface area contributed by atoms with Crippen LogP contribution in [0.3, 0.4) is 0 Å². The number of aromatic nitrogens is 1. The molecule has 1 atom stereocenters. The summed E-state index contributed by atoms with van der Waals surface area (Å²) in [5, 5.41) is 4.72. The van der Waals surface area contributed by atoms with Crippen molar-refractivity contribution in [2.75, 3.05) is 23.8 Å². The third kappa shape index (κ3) is 5.78. The Morgan fingerprint density at radius 2 is 1.85 bits per heavy atom. The molecular formula is C18H19F3N4O2. The Hall–Kier alpha value is -2.94. The third-order valence-electron chi connectivity index (χ3n) is 3.82. The Bertz CT molecular complexity index is 779. The second-order valence-electron chi connectivity index (χ2n) is 5.81. The highest BCUT2D eigenvalue weighted by molar-refractivity contribution is 5.93. The Morgan fingerprint density at radius 1 is 1.19 bits per heavy atom.